The second kappa shape index (κ2) is 39.0. The number of hydrogen-bond acceptors (Lipinski definition) is 19. The fourth-order valence-corrected chi connectivity index (χ4v) is 8.88. The number of nitrogens with one attached hydrogen (secondary N) is 9. The Bertz CT molecular complexity index is 2320. The molecule has 0 heterocycles. The quantitative estimate of drug-likeness (QED) is 0.0169. The maximum absolute atomic E-state index is 14.1. The number of carboxylic acids is 2. The van der Waals surface area contributed by atoms with Crippen LogP contribution in [0.4, 0.5) is 0 Å². The Kier molecular flexibility index (Phi) is 34.9. The molecular weight excluding hydrogens is 1130 g/mol. The van der Waals surface area contributed by atoms with Crippen molar-refractivity contribution >= 4 is 106 Å². The predicted molar refractivity (Wildman–Crippen MR) is 310 cm³/mol. The lowest BCUT2D eigenvalue weighted by Gasteiger charge is -2.28. The van der Waals surface area contributed by atoms with E-state index in [0.717, 1.165) is 13.8 Å². The first kappa shape index (κ1) is 73.4. The van der Waals surface area contributed by atoms with Gasteiger partial charge >= 0.3 is 11.9 Å². The average Bonchev–Trinajstić information content (AvgIpc) is 3.49. The van der Waals surface area contributed by atoms with Crippen LogP contribution in [-0.2, 0) is 59.2 Å². The average molecular weight is 1220 g/mol. The summed E-state index contributed by atoms with van der Waals surface area (Å²) in [5.41, 5.74) is 17.2. The first-order valence-corrected chi connectivity index (χ1v) is 30.3. The molecule has 0 bridgehead atoms. The van der Waals surface area contributed by atoms with Gasteiger partial charge in [0.2, 0.25) is 53.2 Å². The molecule has 32 heteroatoms. The van der Waals surface area contributed by atoms with E-state index in [-0.39, 0.29) is 50.4 Å². The number of aliphatic hydroxyl groups is 2. The third-order valence-corrected chi connectivity index (χ3v) is 14.1. The number of guanidine groups is 1. The van der Waals surface area contributed by atoms with Gasteiger partial charge in [-0.25, -0.2) is 4.79 Å². The molecule has 20 N–H and O–H groups in total. The largest absolute Gasteiger partial charge is 0.508 e. The van der Waals surface area contributed by atoms with Gasteiger partial charge in [-0.15, -0.1) is 0 Å². The molecule has 1 aromatic carbocycles. The van der Waals surface area contributed by atoms with Crippen LogP contribution in [0.1, 0.15) is 78.2 Å². The number of phenolic OH excluding ortho intramolecular Hbond substituents is 1. The lowest BCUT2D eigenvalue weighted by Crippen LogP contribution is -2.62. The second-order valence-corrected chi connectivity index (χ2v) is 22.3. The normalized spacial score (nSPS) is 15.1. The third-order valence-electron chi connectivity index (χ3n) is 12.1. The summed E-state index contributed by atoms with van der Waals surface area (Å²) < 4.78 is 0. The second-order valence-electron chi connectivity index (χ2n) is 19.3. The number of rotatable bonds is 40. The molecule has 0 unspecified atom stereocenters. The van der Waals surface area contributed by atoms with E-state index in [0.29, 0.717) is 29.2 Å². The van der Waals surface area contributed by atoms with Gasteiger partial charge in [-0.05, 0) is 112 Å². The summed E-state index contributed by atoms with van der Waals surface area (Å²) in [5.74, 6) is -11.0. The van der Waals surface area contributed by atoms with Crippen LogP contribution in [0, 0.1) is 5.92 Å². The van der Waals surface area contributed by atoms with Crippen LogP contribution in [0.25, 0.3) is 0 Å². The van der Waals surface area contributed by atoms with Crippen LogP contribution in [0.3, 0.4) is 0 Å². The summed E-state index contributed by atoms with van der Waals surface area (Å²) in [7, 11) is 0. The van der Waals surface area contributed by atoms with Gasteiger partial charge in [0.25, 0.3) is 0 Å². The van der Waals surface area contributed by atoms with Crippen molar-refractivity contribution in [1.29, 1.82) is 0 Å². The summed E-state index contributed by atoms with van der Waals surface area (Å²) in [5, 5.41) is 72.1. The van der Waals surface area contributed by atoms with Gasteiger partial charge in [-0.2, -0.15) is 35.3 Å². The molecule has 29 nitrogen and oxygen atoms in total. The first-order chi connectivity index (χ1) is 38.6. The van der Waals surface area contributed by atoms with Crippen molar-refractivity contribution in [3.05, 3.63) is 29.8 Å². The minimum absolute atomic E-state index is 0.0110. The van der Waals surface area contributed by atoms with E-state index in [1.165, 1.54) is 59.6 Å². The molecule has 0 aliphatic heterocycles. The highest BCUT2D eigenvalue weighted by molar-refractivity contribution is 7.98. The zero-order chi connectivity index (χ0) is 62.2. The summed E-state index contributed by atoms with van der Waals surface area (Å²) in [6.45, 7) is 4.70. The lowest BCUT2D eigenvalue weighted by atomic mass is 10.0. The maximum atomic E-state index is 14.1. The Morgan fingerprint density at radius 2 is 0.951 bits per heavy atom. The highest BCUT2D eigenvalue weighted by Gasteiger charge is 2.36. The van der Waals surface area contributed by atoms with E-state index < -0.39 is 157 Å². The zero-order valence-electron chi connectivity index (χ0n) is 47.1. The Hall–Kier alpha value is -6.61. The topological polar surface area (TPSA) is 488 Å². The molecule has 11 atom stereocenters. The van der Waals surface area contributed by atoms with Crippen molar-refractivity contribution in [2.24, 2.45) is 28.1 Å². The Morgan fingerprint density at radius 1 is 0.537 bits per heavy atom. The van der Waals surface area contributed by atoms with Crippen molar-refractivity contribution in [2.75, 3.05) is 49.1 Å². The molecule has 0 aromatic heterocycles. The number of thioether (sulfide) groups is 3. The molecule has 0 saturated heterocycles. The standard InChI is InChI=1S/C50H83N13O16S3/c1-25(2)38(49(78)79)62-46(75)34(18-22-82-7)59-47(76)40(27(4)65)63-48(77)39(26(3)64)61-36(67)24-55-42(71)35(23-28-10-12-29(66)13-11-28)60-43(72)31(14-15-37(68)69)57-45(74)33(17-21-81-6)58-44(73)32(16-20-80-5)56-41(70)30(51)9-8-19-54-50(52)53/h10-13,25-27,30-35,38-40,64-66H,8-9,14-24,51H2,1-7H3,(H,55,71)(H,56,70)(H,57,74)(H,58,73)(H,59,76)(H,60,72)(H,61,67)(H,62,75)(H,63,77)(H,68,69)(H,78,79)(H4,52,53,54)/t26-,27-,30+,31+,32+,33+,34+,35+,38+,39+,40+/m1/s1. The van der Waals surface area contributed by atoms with Crippen LogP contribution in [0.2, 0.25) is 0 Å². The number of amides is 9. The van der Waals surface area contributed by atoms with Crippen molar-refractivity contribution in [3.8, 4) is 5.75 Å². The number of phenols is 1. The highest BCUT2D eigenvalue weighted by atomic mass is 32.2. The fraction of sp³-hybridized carbons (Fsp3) is 0.640. The number of carbonyl (C=O) groups is 11. The van der Waals surface area contributed by atoms with E-state index in [4.69, 9.17) is 17.2 Å². The molecule has 0 saturated carbocycles. The molecule has 0 aliphatic carbocycles. The molecule has 0 fully saturated rings. The van der Waals surface area contributed by atoms with Crippen LogP contribution in [-0.4, -0.2) is 212 Å². The van der Waals surface area contributed by atoms with E-state index >= 15 is 0 Å². The first-order valence-electron chi connectivity index (χ1n) is 26.1. The number of aliphatic imine (C=N–C) groups is 1. The van der Waals surface area contributed by atoms with Gasteiger partial charge in [0, 0.05) is 19.4 Å². The van der Waals surface area contributed by atoms with Gasteiger partial charge in [0.15, 0.2) is 5.96 Å². The third kappa shape index (κ3) is 28.4. The predicted octanol–water partition coefficient (Wildman–Crippen LogP) is -4.06. The Labute approximate surface area is 488 Å². The fourth-order valence-electron chi connectivity index (χ4n) is 7.47. The summed E-state index contributed by atoms with van der Waals surface area (Å²) in [6.07, 6.45) is 1.19. The number of carbonyl (C=O) groups excluding carboxylic acids is 9. The molecule has 82 heavy (non-hydrogen) atoms. The number of aromatic hydroxyl groups is 1. The van der Waals surface area contributed by atoms with Crippen LogP contribution < -0.4 is 65.1 Å². The van der Waals surface area contributed by atoms with Gasteiger partial charge in [-0.3, -0.25) is 52.9 Å². The molecule has 462 valence electrons. The van der Waals surface area contributed by atoms with Gasteiger partial charge in [0.1, 0.15) is 54.1 Å². The van der Waals surface area contributed by atoms with E-state index in [2.05, 4.69) is 52.8 Å². The Balaban J connectivity index is 3.40. The zero-order valence-corrected chi connectivity index (χ0v) is 49.5. The highest BCUT2D eigenvalue weighted by Crippen LogP contribution is 2.14. The number of aliphatic carboxylic acids is 2. The minimum Gasteiger partial charge on any atom is -0.508 e. The molecule has 0 radical (unpaired) electrons. The number of carboxylic acid groups (broad SMARTS) is 2. The number of nitrogens with two attached hydrogens (primary N) is 3. The molecule has 9 amide bonds. The van der Waals surface area contributed by atoms with E-state index in [1.54, 1.807) is 32.6 Å². The van der Waals surface area contributed by atoms with E-state index in [9.17, 15) is 78.3 Å². The van der Waals surface area contributed by atoms with Gasteiger partial charge in [0.05, 0.1) is 24.8 Å². The molecule has 0 aliphatic rings. The van der Waals surface area contributed by atoms with Crippen LogP contribution in [0.5, 0.6) is 5.75 Å². The summed E-state index contributed by atoms with van der Waals surface area (Å²) in [6, 6.07) is -7.55. The number of hydrogen-bond donors (Lipinski definition) is 17. The summed E-state index contributed by atoms with van der Waals surface area (Å²) in [4.78, 5) is 150. The van der Waals surface area contributed by atoms with Crippen LogP contribution in [0.15, 0.2) is 29.3 Å². The SMILES string of the molecule is CSCC[C@H](NC(=O)[C@H](CCSC)NC(=O)[C@@H](N)CCCN=C(N)N)C(=O)N[C@@H](CCC(=O)O)C(=O)N[C@@H](Cc1ccc(O)cc1)C(=O)NCC(=O)N[C@H](C(=O)N[C@H](C(=O)N[C@@H](CCSC)C(=O)N[C@H](C(=O)O)C(C)C)[C@@H](C)O)[C@@H](C)O. The van der Waals surface area contributed by atoms with E-state index in [1.807, 2.05) is 0 Å². The Morgan fingerprint density at radius 3 is 1.39 bits per heavy atom. The van der Waals surface area contributed by atoms with Crippen molar-refractivity contribution in [3.63, 3.8) is 0 Å². The molecule has 1 aromatic rings. The summed E-state index contributed by atoms with van der Waals surface area (Å²) >= 11 is 4.04. The van der Waals surface area contributed by atoms with Gasteiger partial charge in [-0.1, -0.05) is 26.0 Å². The smallest absolute Gasteiger partial charge is 0.326 e. The lowest BCUT2D eigenvalue weighted by molar-refractivity contribution is -0.143. The number of benzene rings is 1. The molecule has 1 rings (SSSR count). The maximum Gasteiger partial charge on any atom is 0.326 e. The molecule has 0 spiro atoms. The van der Waals surface area contributed by atoms with Crippen LogP contribution >= 0.6 is 35.3 Å². The monoisotopic (exact) mass is 1220 g/mol. The van der Waals surface area contributed by atoms with Crippen molar-refractivity contribution < 1.29 is 78.3 Å². The number of nitrogens with zero attached hydrogens (tertiary/aromatic N) is 1. The number of aliphatic hydroxyl groups excluding tert-OH is 2. The van der Waals surface area contributed by atoms with Gasteiger partial charge < -0.3 is 90.6 Å². The van der Waals surface area contributed by atoms with Crippen molar-refractivity contribution in [2.45, 2.75) is 146 Å². The van der Waals surface area contributed by atoms with Crippen molar-refractivity contribution in [1.82, 2.24) is 47.9 Å². The minimum atomic E-state index is -1.83. The molecular formula is C50H83N13O16S3.